The summed E-state index contributed by atoms with van der Waals surface area (Å²) in [5.41, 5.74) is 5.90. The Balaban J connectivity index is 1.76. The Hall–Kier alpha value is -2.94. The largest absolute Gasteiger partial charge is 0.386 e. The fourth-order valence-corrected chi connectivity index (χ4v) is 4.59. The Labute approximate surface area is 188 Å². The zero-order chi connectivity index (χ0) is 22.5. The number of hydrazine groups is 1. The van der Waals surface area contributed by atoms with Crippen LogP contribution < -0.4 is 10.3 Å². The fraction of sp³-hybridized carbons (Fsp3) is 0.417. The molecule has 8 heteroatoms. The standard InChI is InChI=1S/C24H30N6O2/c1-16-15-32-12-11-29(16)21-13-18(17-7-5-6-8-20(17)24(2,3)31)19-14-26-30(23(19)27-21)22-9-10-25-28(22)4/h5-10,13-14,16,22,25,31H,11-12,15H2,1-4H3/t16-,22?/m1/s1. The van der Waals surface area contributed by atoms with Crippen LogP contribution >= 0.6 is 0 Å². The Kier molecular flexibility index (Phi) is 5.16. The number of likely N-dealkylation sites (N-methyl/N-ethyl adjacent to an activating group) is 1. The van der Waals surface area contributed by atoms with Gasteiger partial charge in [0.05, 0.1) is 31.1 Å². The van der Waals surface area contributed by atoms with Gasteiger partial charge in [-0.3, -0.25) is 0 Å². The van der Waals surface area contributed by atoms with Gasteiger partial charge < -0.3 is 20.2 Å². The first kappa shape index (κ1) is 20.9. The lowest BCUT2D eigenvalue weighted by atomic mass is 9.89. The molecule has 0 radical (unpaired) electrons. The van der Waals surface area contributed by atoms with Crippen molar-refractivity contribution in [2.24, 2.45) is 0 Å². The van der Waals surface area contributed by atoms with Crippen molar-refractivity contribution >= 4 is 16.9 Å². The third-order valence-corrected chi connectivity index (χ3v) is 6.29. The second-order valence-corrected chi connectivity index (χ2v) is 9.09. The molecule has 2 aromatic heterocycles. The van der Waals surface area contributed by atoms with Crippen molar-refractivity contribution in [3.05, 3.63) is 54.4 Å². The van der Waals surface area contributed by atoms with Gasteiger partial charge in [0.1, 0.15) is 12.0 Å². The number of benzene rings is 1. The van der Waals surface area contributed by atoms with E-state index in [0.717, 1.165) is 40.1 Å². The third-order valence-electron chi connectivity index (χ3n) is 6.29. The predicted octanol–water partition coefficient (Wildman–Crippen LogP) is 3.01. The summed E-state index contributed by atoms with van der Waals surface area (Å²) in [5, 5.41) is 18.6. The van der Waals surface area contributed by atoms with Gasteiger partial charge in [-0.1, -0.05) is 24.3 Å². The Morgan fingerprint density at radius 2 is 2.03 bits per heavy atom. The van der Waals surface area contributed by atoms with Crippen molar-refractivity contribution in [3.63, 3.8) is 0 Å². The molecule has 8 nitrogen and oxygen atoms in total. The minimum absolute atomic E-state index is 0.0743. The molecular formula is C24H30N6O2. The summed E-state index contributed by atoms with van der Waals surface area (Å²) in [5.74, 6) is 0.896. The second kappa shape index (κ2) is 7.88. The second-order valence-electron chi connectivity index (χ2n) is 9.09. The first-order valence-corrected chi connectivity index (χ1v) is 11.0. The van der Waals surface area contributed by atoms with E-state index in [-0.39, 0.29) is 12.2 Å². The van der Waals surface area contributed by atoms with Crippen LogP contribution in [0.25, 0.3) is 22.2 Å². The quantitative estimate of drug-likeness (QED) is 0.654. The Morgan fingerprint density at radius 1 is 1.22 bits per heavy atom. The van der Waals surface area contributed by atoms with Gasteiger partial charge in [-0.2, -0.15) is 10.1 Å². The van der Waals surface area contributed by atoms with Crippen LogP contribution in [-0.4, -0.2) is 57.7 Å². The van der Waals surface area contributed by atoms with Crippen molar-refractivity contribution < 1.29 is 9.84 Å². The van der Waals surface area contributed by atoms with Gasteiger partial charge in [0.2, 0.25) is 0 Å². The van der Waals surface area contributed by atoms with Crippen LogP contribution in [-0.2, 0) is 10.3 Å². The van der Waals surface area contributed by atoms with Gasteiger partial charge in [0.25, 0.3) is 0 Å². The van der Waals surface area contributed by atoms with Gasteiger partial charge in [-0.15, -0.1) is 0 Å². The first-order chi connectivity index (χ1) is 15.3. The molecule has 1 saturated heterocycles. The van der Waals surface area contributed by atoms with Crippen LogP contribution in [0, 0.1) is 0 Å². The monoisotopic (exact) mass is 434 g/mol. The van der Waals surface area contributed by atoms with E-state index in [1.165, 1.54) is 0 Å². The van der Waals surface area contributed by atoms with Gasteiger partial charge in [0.15, 0.2) is 5.65 Å². The SMILES string of the molecule is C[C@@H]1COCCN1c1cc(-c2ccccc2C(C)(C)O)c2cnn(C3C=CNN3C)c2n1. The van der Waals surface area contributed by atoms with Crippen molar-refractivity contribution in [3.8, 4) is 11.1 Å². The summed E-state index contributed by atoms with van der Waals surface area (Å²) in [7, 11) is 1.98. The van der Waals surface area contributed by atoms with Gasteiger partial charge in [-0.25, -0.2) is 9.67 Å². The van der Waals surface area contributed by atoms with E-state index < -0.39 is 5.60 Å². The fourth-order valence-electron chi connectivity index (χ4n) is 4.59. The molecule has 1 aromatic carbocycles. The number of rotatable bonds is 4. The summed E-state index contributed by atoms with van der Waals surface area (Å²) in [6, 6.07) is 10.4. The molecule has 0 saturated carbocycles. The number of aliphatic hydroxyl groups is 1. The van der Waals surface area contributed by atoms with E-state index in [4.69, 9.17) is 14.8 Å². The number of hydrogen-bond donors (Lipinski definition) is 2. The highest BCUT2D eigenvalue weighted by molar-refractivity contribution is 5.95. The number of aromatic nitrogens is 3. The normalized spacial score (nSPS) is 22.0. The zero-order valence-corrected chi connectivity index (χ0v) is 19.0. The van der Waals surface area contributed by atoms with Crippen LogP contribution in [0.3, 0.4) is 0 Å². The number of nitrogens with zero attached hydrogens (tertiary/aromatic N) is 5. The predicted molar refractivity (Wildman–Crippen MR) is 125 cm³/mol. The molecule has 1 unspecified atom stereocenters. The number of fused-ring (bicyclic) bond motifs is 1. The number of hydrogen-bond acceptors (Lipinski definition) is 7. The molecule has 4 heterocycles. The van der Waals surface area contributed by atoms with Crippen LogP contribution in [0.5, 0.6) is 0 Å². The number of pyridine rings is 1. The topological polar surface area (TPSA) is 78.7 Å². The third kappa shape index (κ3) is 3.54. The molecular weight excluding hydrogens is 404 g/mol. The smallest absolute Gasteiger partial charge is 0.162 e. The van der Waals surface area contributed by atoms with Gasteiger partial charge in [-0.05, 0) is 49.6 Å². The maximum Gasteiger partial charge on any atom is 0.162 e. The van der Waals surface area contributed by atoms with Crippen LogP contribution in [0.1, 0.15) is 32.5 Å². The number of ether oxygens (including phenoxy) is 1. The van der Waals surface area contributed by atoms with Crippen molar-refractivity contribution in [2.45, 2.75) is 38.6 Å². The number of morpholine rings is 1. The molecule has 2 aliphatic rings. The molecule has 3 aromatic rings. The van der Waals surface area contributed by atoms with Crippen LogP contribution in [0.2, 0.25) is 0 Å². The number of anilines is 1. The average Bonchev–Trinajstić information content (AvgIpc) is 3.38. The molecule has 2 N–H and O–H groups in total. The van der Waals surface area contributed by atoms with Gasteiger partial charge in [0, 0.05) is 25.2 Å². The molecule has 168 valence electrons. The van der Waals surface area contributed by atoms with E-state index in [1.807, 2.05) is 61.2 Å². The minimum atomic E-state index is -0.979. The lowest BCUT2D eigenvalue weighted by Gasteiger charge is -2.34. The van der Waals surface area contributed by atoms with E-state index >= 15 is 0 Å². The summed E-state index contributed by atoms with van der Waals surface area (Å²) in [6.07, 6.45) is 5.78. The maximum atomic E-state index is 10.9. The minimum Gasteiger partial charge on any atom is -0.386 e. The summed E-state index contributed by atoms with van der Waals surface area (Å²) < 4.78 is 7.60. The molecule has 0 amide bonds. The van der Waals surface area contributed by atoms with Crippen molar-refractivity contribution in [1.82, 2.24) is 25.2 Å². The highest BCUT2D eigenvalue weighted by Crippen LogP contribution is 2.38. The lowest BCUT2D eigenvalue weighted by molar-refractivity contribution is 0.0792. The highest BCUT2D eigenvalue weighted by atomic mass is 16.5. The molecule has 0 aliphatic carbocycles. The first-order valence-electron chi connectivity index (χ1n) is 11.0. The maximum absolute atomic E-state index is 10.9. The average molecular weight is 435 g/mol. The van der Waals surface area contributed by atoms with E-state index in [2.05, 4.69) is 35.5 Å². The molecule has 1 fully saturated rings. The van der Waals surface area contributed by atoms with Crippen molar-refractivity contribution in [1.29, 1.82) is 0 Å². The molecule has 0 spiro atoms. The summed E-state index contributed by atoms with van der Waals surface area (Å²) >= 11 is 0. The summed E-state index contributed by atoms with van der Waals surface area (Å²) in [4.78, 5) is 7.38. The Morgan fingerprint density at radius 3 is 2.75 bits per heavy atom. The number of nitrogens with one attached hydrogen (secondary N) is 1. The summed E-state index contributed by atoms with van der Waals surface area (Å²) in [6.45, 7) is 7.93. The highest BCUT2D eigenvalue weighted by Gasteiger charge is 2.28. The molecule has 5 rings (SSSR count). The van der Waals surface area contributed by atoms with E-state index in [9.17, 15) is 5.11 Å². The molecule has 32 heavy (non-hydrogen) atoms. The molecule has 2 aliphatic heterocycles. The van der Waals surface area contributed by atoms with Gasteiger partial charge >= 0.3 is 0 Å². The van der Waals surface area contributed by atoms with Crippen molar-refractivity contribution in [2.75, 3.05) is 31.7 Å². The van der Waals surface area contributed by atoms with Crippen LogP contribution in [0.15, 0.2) is 48.8 Å². The Bertz CT molecular complexity index is 1160. The van der Waals surface area contributed by atoms with E-state index in [0.29, 0.717) is 13.2 Å². The zero-order valence-electron chi connectivity index (χ0n) is 19.0. The molecule has 2 atom stereocenters. The van der Waals surface area contributed by atoms with Crippen LogP contribution in [0.4, 0.5) is 5.82 Å². The van der Waals surface area contributed by atoms with E-state index in [1.54, 1.807) is 0 Å². The lowest BCUT2D eigenvalue weighted by Crippen LogP contribution is -2.44. The molecule has 0 bridgehead atoms.